The number of sulfonamides is 1. The van der Waals surface area contributed by atoms with Crippen molar-refractivity contribution in [1.29, 1.82) is 0 Å². The normalized spacial score (nSPS) is 10.6. The molecule has 0 unspecified atom stereocenters. The van der Waals surface area contributed by atoms with Crippen LogP contribution < -0.4 is 16.0 Å². The molecule has 0 aliphatic heterocycles. The molecule has 16 heavy (non-hydrogen) atoms. The van der Waals surface area contributed by atoms with Crippen molar-refractivity contribution in [3.63, 3.8) is 0 Å². The minimum Gasteiger partial charge on any atom is -0.324 e. The van der Waals surface area contributed by atoms with Crippen LogP contribution in [0.25, 0.3) is 0 Å². The quantitative estimate of drug-likeness (QED) is 0.534. The Hall–Kier alpha value is -0.820. The van der Waals surface area contributed by atoms with Crippen molar-refractivity contribution < 1.29 is 8.42 Å². The lowest BCUT2D eigenvalue weighted by atomic mass is 10.1. The molecule has 0 bridgehead atoms. The third-order valence-electron chi connectivity index (χ3n) is 2.09. The van der Waals surface area contributed by atoms with Crippen molar-refractivity contribution >= 4 is 28.1 Å². The third kappa shape index (κ3) is 4.80. The Morgan fingerprint density at radius 3 is 2.25 bits per heavy atom. The van der Waals surface area contributed by atoms with Gasteiger partial charge in [-0.05, 0) is 31.2 Å². The second kappa shape index (κ2) is 6.70. The number of benzene rings is 1. The van der Waals surface area contributed by atoms with Crippen molar-refractivity contribution in [2.75, 3.05) is 18.2 Å². The molecule has 1 rings (SSSR count). The van der Waals surface area contributed by atoms with Gasteiger partial charge in [0.1, 0.15) is 0 Å². The highest BCUT2D eigenvalue weighted by atomic mass is 35.5. The van der Waals surface area contributed by atoms with E-state index in [1.54, 1.807) is 12.1 Å². The van der Waals surface area contributed by atoms with Gasteiger partial charge < -0.3 is 5.43 Å². The summed E-state index contributed by atoms with van der Waals surface area (Å²) >= 11 is 0. The number of anilines is 1. The highest BCUT2D eigenvalue weighted by Gasteiger charge is 2.06. The van der Waals surface area contributed by atoms with E-state index in [2.05, 4.69) is 10.1 Å². The number of rotatable bonds is 5. The van der Waals surface area contributed by atoms with Crippen molar-refractivity contribution in [2.45, 2.75) is 6.42 Å². The lowest BCUT2D eigenvalue weighted by molar-refractivity contribution is 0.587. The zero-order valence-electron chi connectivity index (χ0n) is 8.93. The number of hydrogen-bond acceptors (Lipinski definition) is 4. The van der Waals surface area contributed by atoms with Gasteiger partial charge in [-0.3, -0.25) is 5.84 Å². The van der Waals surface area contributed by atoms with Crippen LogP contribution in [0.5, 0.6) is 0 Å². The first-order valence-electron chi connectivity index (χ1n) is 4.54. The van der Waals surface area contributed by atoms with Crippen LogP contribution in [0, 0.1) is 0 Å². The largest absolute Gasteiger partial charge is 0.324 e. The smallest absolute Gasteiger partial charge is 0.211 e. The van der Waals surface area contributed by atoms with E-state index in [-0.39, 0.29) is 18.2 Å². The van der Waals surface area contributed by atoms with E-state index in [0.717, 1.165) is 11.3 Å². The zero-order valence-corrected chi connectivity index (χ0v) is 10.6. The Kier molecular flexibility index (Phi) is 6.35. The van der Waals surface area contributed by atoms with Gasteiger partial charge in [-0.2, -0.15) is 0 Å². The summed E-state index contributed by atoms with van der Waals surface area (Å²) in [7, 11) is -1.71. The number of hydrazine groups is 1. The van der Waals surface area contributed by atoms with Gasteiger partial charge in [0.15, 0.2) is 0 Å². The fourth-order valence-electron chi connectivity index (χ4n) is 1.12. The van der Waals surface area contributed by atoms with Crippen molar-refractivity contribution in [1.82, 2.24) is 4.72 Å². The van der Waals surface area contributed by atoms with Crippen molar-refractivity contribution in [3.8, 4) is 0 Å². The average molecular weight is 266 g/mol. The minimum absolute atomic E-state index is 0. The van der Waals surface area contributed by atoms with E-state index in [0.29, 0.717) is 6.42 Å². The molecule has 0 radical (unpaired) electrons. The fraction of sp³-hybridized carbons (Fsp3) is 0.333. The number of nitrogens with two attached hydrogens (primary N) is 1. The average Bonchev–Trinajstić information content (AvgIpc) is 2.27. The van der Waals surface area contributed by atoms with Gasteiger partial charge in [-0.1, -0.05) is 12.1 Å². The first-order chi connectivity index (χ1) is 7.07. The van der Waals surface area contributed by atoms with Gasteiger partial charge in [0.05, 0.1) is 5.75 Å². The monoisotopic (exact) mass is 265 g/mol. The first kappa shape index (κ1) is 15.2. The van der Waals surface area contributed by atoms with Crippen LogP contribution >= 0.6 is 12.4 Å². The second-order valence-electron chi connectivity index (χ2n) is 3.11. The van der Waals surface area contributed by atoms with Crippen molar-refractivity contribution in [3.05, 3.63) is 29.8 Å². The van der Waals surface area contributed by atoms with Crippen LogP contribution in [0.4, 0.5) is 5.69 Å². The van der Waals surface area contributed by atoms with Gasteiger partial charge in [0, 0.05) is 5.69 Å². The summed E-state index contributed by atoms with van der Waals surface area (Å²) in [5, 5.41) is 0. The summed E-state index contributed by atoms with van der Waals surface area (Å²) < 4.78 is 24.6. The second-order valence-corrected chi connectivity index (χ2v) is 5.16. The van der Waals surface area contributed by atoms with E-state index < -0.39 is 10.0 Å². The van der Waals surface area contributed by atoms with Crippen LogP contribution in [0.3, 0.4) is 0 Å². The zero-order chi connectivity index (χ0) is 11.3. The maximum absolute atomic E-state index is 11.2. The van der Waals surface area contributed by atoms with Crippen molar-refractivity contribution in [2.24, 2.45) is 5.84 Å². The molecule has 1 aromatic rings. The maximum Gasteiger partial charge on any atom is 0.211 e. The maximum atomic E-state index is 11.2. The fourth-order valence-corrected chi connectivity index (χ4v) is 1.83. The third-order valence-corrected chi connectivity index (χ3v) is 3.45. The molecule has 0 spiro atoms. The molecular formula is C9H16ClN3O2S. The molecule has 0 fully saturated rings. The summed E-state index contributed by atoms with van der Waals surface area (Å²) in [5.41, 5.74) is 4.27. The van der Waals surface area contributed by atoms with Crippen LogP contribution in [0.15, 0.2) is 24.3 Å². The molecular weight excluding hydrogens is 250 g/mol. The molecule has 0 aromatic heterocycles. The highest BCUT2D eigenvalue weighted by molar-refractivity contribution is 7.89. The standard InChI is InChI=1S/C9H15N3O2S.ClH/c1-11-15(13,14)7-6-8-2-4-9(12-10)5-3-8;/h2-5,11-12H,6-7,10H2,1H3;1H. The lowest BCUT2D eigenvalue weighted by Crippen LogP contribution is -2.23. The van der Waals surface area contributed by atoms with E-state index in [9.17, 15) is 8.42 Å². The lowest BCUT2D eigenvalue weighted by Gasteiger charge is -2.04. The molecule has 1 aromatic carbocycles. The molecule has 0 saturated carbocycles. The summed E-state index contributed by atoms with van der Waals surface area (Å²) in [6, 6.07) is 7.31. The molecule has 4 N–H and O–H groups in total. The van der Waals surface area contributed by atoms with Gasteiger partial charge in [0.2, 0.25) is 10.0 Å². The number of nitrogens with one attached hydrogen (secondary N) is 2. The van der Waals surface area contributed by atoms with Gasteiger partial charge >= 0.3 is 0 Å². The molecule has 92 valence electrons. The predicted molar refractivity (Wildman–Crippen MR) is 68.1 cm³/mol. The Bertz CT molecular complexity index is 405. The summed E-state index contributed by atoms with van der Waals surface area (Å²) in [4.78, 5) is 0. The summed E-state index contributed by atoms with van der Waals surface area (Å²) in [6.45, 7) is 0. The number of halogens is 1. The van der Waals surface area contributed by atoms with Crippen LogP contribution in [0.1, 0.15) is 5.56 Å². The predicted octanol–water partition coefficient (Wildman–Crippen LogP) is 0.486. The molecule has 0 aliphatic rings. The topological polar surface area (TPSA) is 84.2 Å². The summed E-state index contributed by atoms with van der Waals surface area (Å²) in [6.07, 6.45) is 0.494. The Morgan fingerprint density at radius 1 is 1.25 bits per heavy atom. The molecule has 0 amide bonds. The molecule has 0 atom stereocenters. The SMILES string of the molecule is CNS(=O)(=O)CCc1ccc(NN)cc1.Cl. The van der Waals surface area contributed by atoms with Gasteiger partial charge in [-0.25, -0.2) is 13.1 Å². The number of hydrogen-bond donors (Lipinski definition) is 3. The highest BCUT2D eigenvalue weighted by Crippen LogP contribution is 2.08. The van der Waals surface area contributed by atoms with Crippen LogP contribution in [-0.2, 0) is 16.4 Å². The number of nitrogen functional groups attached to an aromatic ring is 1. The summed E-state index contributed by atoms with van der Waals surface area (Å²) in [5.74, 6) is 5.30. The number of aryl methyl sites for hydroxylation is 1. The Balaban J connectivity index is 0.00000225. The minimum atomic E-state index is -3.12. The van der Waals surface area contributed by atoms with E-state index in [4.69, 9.17) is 5.84 Å². The van der Waals surface area contributed by atoms with E-state index >= 15 is 0 Å². The Labute approximate surface area is 102 Å². The molecule has 0 saturated heterocycles. The van der Waals surface area contributed by atoms with E-state index in [1.165, 1.54) is 7.05 Å². The molecule has 0 aliphatic carbocycles. The van der Waals surface area contributed by atoms with Crippen LogP contribution in [-0.4, -0.2) is 21.2 Å². The van der Waals surface area contributed by atoms with Gasteiger partial charge in [-0.15, -0.1) is 12.4 Å². The molecule has 0 heterocycles. The van der Waals surface area contributed by atoms with Gasteiger partial charge in [0.25, 0.3) is 0 Å². The van der Waals surface area contributed by atoms with E-state index in [1.807, 2.05) is 12.1 Å². The molecule has 7 heteroatoms. The molecule has 5 nitrogen and oxygen atoms in total. The first-order valence-corrected chi connectivity index (χ1v) is 6.19. The Morgan fingerprint density at radius 2 is 1.81 bits per heavy atom. The van der Waals surface area contributed by atoms with Crippen LogP contribution in [0.2, 0.25) is 0 Å².